The van der Waals surface area contributed by atoms with E-state index in [0.717, 1.165) is 54.0 Å². The second kappa shape index (κ2) is 8.73. The number of hydrogen-bond acceptors (Lipinski definition) is 4. The zero-order valence-corrected chi connectivity index (χ0v) is 18.3. The number of carbonyl (C=O) groups is 1. The Kier molecular flexibility index (Phi) is 5.64. The molecule has 7 nitrogen and oxygen atoms in total. The minimum Gasteiger partial charge on any atom is -0.368 e. The van der Waals surface area contributed by atoms with Crippen LogP contribution in [0, 0.1) is 5.92 Å². The summed E-state index contributed by atoms with van der Waals surface area (Å²) in [7, 11) is 0. The number of fused-ring (bicyclic) bond motifs is 1. The molecule has 0 spiro atoms. The number of primary amides is 1. The van der Waals surface area contributed by atoms with Gasteiger partial charge in [0.2, 0.25) is 5.91 Å². The number of para-hydroxylation sites is 1. The van der Waals surface area contributed by atoms with E-state index < -0.39 is 0 Å². The molecule has 4 N–H and O–H groups in total. The highest BCUT2D eigenvalue weighted by atomic mass is 16.2. The Hall–Kier alpha value is -3.22. The molecular weight excluding hydrogens is 402 g/mol. The van der Waals surface area contributed by atoms with Crippen molar-refractivity contribution in [3.8, 4) is 0 Å². The maximum Gasteiger partial charge on any atom is 0.326 e. The normalized spacial score (nSPS) is 19.5. The van der Waals surface area contributed by atoms with Crippen molar-refractivity contribution in [1.82, 2.24) is 9.55 Å². The number of rotatable bonds is 6. The summed E-state index contributed by atoms with van der Waals surface area (Å²) in [6.45, 7) is 1.50. The predicted molar refractivity (Wildman–Crippen MR) is 128 cm³/mol. The molecule has 2 fully saturated rings. The molecular formula is C25H31N5O2. The second-order valence-corrected chi connectivity index (χ2v) is 9.18. The van der Waals surface area contributed by atoms with E-state index in [2.05, 4.69) is 21.3 Å². The molecule has 1 unspecified atom stereocenters. The SMILES string of the molecule is NC(=O)C1CCCN1c1cc2c(cc1Nc1ccccc1)[nH]c(=O)n2CC1CCCCC1. The van der Waals surface area contributed by atoms with E-state index in [1.165, 1.54) is 32.1 Å². The van der Waals surface area contributed by atoms with Crippen LogP contribution in [0.1, 0.15) is 44.9 Å². The van der Waals surface area contributed by atoms with Gasteiger partial charge in [-0.1, -0.05) is 37.5 Å². The first kappa shape index (κ1) is 20.7. The summed E-state index contributed by atoms with van der Waals surface area (Å²) in [6, 6.07) is 13.6. The molecule has 0 radical (unpaired) electrons. The van der Waals surface area contributed by atoms with Gasteiger partial charge in [-0.3, -0.25) is 9.36 Å². The highest BCUT2D eigenvalue weighted by molar-refractivity contribution is 5.93. The van der Waals surface area contributed by atoms with Gasteiger partial charge in [0.15, 0.2) is 0 Å². The molecule has 1 saturated carbocycles. The molecule has 1 aliphatic carbocycles. The lowest BCUT2D eigenvalue weighted by Gasteiger charge is -2.28. The molecule has 3 aromatic rings. The van der Waals surface area contributed by atoms with E-state index in [1.54, 1.807) is 0 Å². The number of imidazole rings is 1. The zero-order valence-electron chi connectivity index (χ0n) is 18.3. The molecule has 0 bridgehead atoms. The minimum atomic E-state index is -0.332. The minimum absolute atomic E-state index is 0.0683. The van der Waals surface area contributed by atoms with E-state index in [1.807, 2.05) is 41.0 Å². The van der Waals surface area contributed by atoms with Gasteiger partial charge in [-0.15, -0.1) is 0 Å². The topological polar surface area (TPSA) is 96.2 Å². The van der Waals surface area contributed by atoms with Gasteiger partial charge < -0.3 is 20.9 Å². The number of amides is 1. The van der Waals surface area contributed by atoms with Gasteiger partial charge >= 0.3 is 5.69 Å². The maximum absolute atomic E-state index is 12.9. The number of nitrogens with two attached hydrogens (primary N) is 1. The molecule has 1 saturated heterocycles. The molecule has 2 aromatic carbocycles. The monoisotopic (exact) mass is 433 g/mol. The van der Waals surface area contributed by atoms with Crippen LogP contribution < -0.4 is 21.6 Å². The summed E-state index contributed by atoms with van der Waals surface area (Å²) >= 11 is 0. The largest absolute Gasteiger partial charge is 0.368 e. The van der Waals surface area contributed by atoms with Gasteiger partial charge in [-0.25, -0.2) is 4.79 Å². The quantitative estimate of drug-likeness (QED) is 0.545. The molecule has 168 valence electrons. The number of anilines is 3. The molecule has 32 heavy (non-hydrogen) atoms. The van der Waals surface area contributed by atoms with Crippen LogP contribution in [0.5, 0.6) is 0 Å². The van der Waals surface area contributed by atoms with Gasteiger partial charge in [0.05, 0.1) is 22.4 Å². The van der Waals surface area contributed by atoms with Crippen molar-refractivity contribution < 1.29 is 4.79 Å². The maximum atomic E-state index is 12.9. The smallest absolute Gasteiger partial charge is 0.326 e. The third-order valence-electron chi connectivity index (χ3n) is 7.00. The summed E-state index contributed by atoms with van der Waals surface area (Å²) in [5, 5.41) is 3.49. The molecule has 2 aliphatic rings. The van der Waals surface area contributed by atoms with Crippen LogP contribution in [0.2, 0.25) is 0 Å². The number of aromatic nitrogens is 2. The first-order chi connectivity index (χ1) is 15.6. The van der Waals surface area contributed by atoms with Crippen molar-refractivity contribution in [1.29, 1.82) is 0 Å². The van der Waals surface area contributed by atoms with E-state index in [9.17, 15) is 9.59 Å². The number of aromatic amines is 1. The highest BCUT2D eigenvalue weighted by Gasteiger charge is 2.31. The van der Waals surface area contributed by atoms with Crippen molar-refractivity contribution in [2.24, 2.45) is 11.7 Å². The lowest BCUT2D eigenvalue weighted by atomic mass is 9.89. The second-order valence-electron chi connectivity index (χ2n) is 9.18. The summed E-state index contributed by atoms with van der Waals surface area (Å²) in [5.74, 6) is 0.234. The van der Waals surface area contributed by atoms with E-state index in [4.69, 9.17) is 5.73 Å². The van der Waals surface area contributed by atoms with Gasteiger partial charge in [-0.2, -0.15) is 0 Å². The molecule has 1 amide bonds. The van der Waals surface area contributed by atoms with Gasteiger partial charge in [-0.05, 0) is 55.9 Å². The fraction of sp³-hybridized carbons (Fsp3) is 0.440. The van der Waals surface area contributed by atoms with Crippen molar-refractivity contribution in [3.05, 3.63) is 52.9 Å². The zero-order chi connectivity index (χ0) is 22.1. The lowest BCUT2D eigenvalue weighted by Crippen LogP contribution is -2.40. The first-order valence-electron chi connectivity index (χ1n) is 11.7. The Bertz CT molecular complexity index is 1160. The van der Waals surface area contributed by atoms with Crippen molar-refractivity contribution in [2.75, 3.05) is 16.8 Å². The average molecular weight is 434 g/mol. The van der Waals surface area contributed by atoms with Crippen LogP contribution in [0.15, 0.2) is 47.3 Å². The fourth-order valence-corrected chi connectivity index (χ4v) is 5.37. The number of carbonyl (C=O) groups excluding carboxylic acids is 1. The molecule has 2 heterocycles. The Labute approximate surface area is 187 Å². The number of nitrogens with zero attached hydrogens (tertiary/aromatic N) is 2. The number of hydrogen-bond donors (Lipinski definition) is 3. The van der Waals surface area contributed by atoms with E-state index >= 15 is 0 Å². The Balaban J connectivity index is 1.59. The lowest BCUT2D eigenvalue weighted by molar-refractivity contribution is -0.119. The summed E-state index contributed by atoms with van der Waals surface area (Å²) in [4.78, 5) is 30.2. The Morgan fingerprint density at radius 1 is 1.06 bits per heavy atom. The Morgan fingerprint density at radius 2 is 1.84 bits per heavy atom. The predicted octanol–water partition coefficient (Wildman–Crippen LogP) is 4.11. The van der Waals surface area contributed by atoms with Crippen LogP contribution in [-0.2, 0) is 11.3 Å². The van der Waals surface area contributed by atoms with Crippen molar-refractivity contribution in [2.45, 2.75) is 57.5 Å². The van der Waals surface area contributed by atoms with Gasteiger partial charge in [0, 0.05) is 18.8 Å². The van der Waals surface area contributed by atoms with Gasteiger partial charge in [0.1, 0.15) is 6.04 Å². The van der Waals surface area contributed by atoms with Crippen molar-refractivity contribution in [3.63, 3.8) is 0 Å². The molecule has 7 heteroatoms. The molecule has 1 aromatic heterocycles. The highest BCUT2D eigenvalue weighted by Crippen LogP contribution is 2.37. The van der Waals surface area contributed by atoms with Crippen LogP contribution in [0.4, 0.5) is 17.1 Å². The third-order valence-corrected chi connectivity index (χ3v) is 7.00. The average Bonchev–Trinajstić information content (AvgIpc) is 3.40. The fourth-order valence-electron chi connectivity index (χ4n) is 5.37. The molecule has 5 rings (SSSR count). The van der Waals surface area contributed by atoms with E-state index in [-0.39, 0.29) is 17.6 Å². The number of nitrogens with one attached hydrogen (secondary N) is 2. The van der Waals surface area contributed by atoms with Crippen molar-refractivity contribution >= 4 is 34.0 Å². The Morgan fingerprint density at radius 3 is 2.59 bits per heavy atom. The number of H-pyrrole nitrogens is 1. The number of benzene rings is 2. The van der Waals surface area contributed by atoms with Crippen LogP contribution in [0.25, 0.3) is 11.0 Å². The molecule has 1 aliphatic heterocycles. The van der Waals surface area contributed by atoms with Gasteiger partial charge in [0.25, 0.3) is 0 Å². The third kappa shape index (κ3) is 3.99. The standard InChI is InChI=1S/C25H31N5O2/c26-24(31)21-12-7-13-29(21)22-15-23-20(14-19(22)27-18-10-5-2-6-11-18)28-25(32)30(23)16-17-8-3-1-4-9-17/h2,5-6,10-11,14-15,17,21,27H,1,3-4,7-9,12-13,16H2,(H2,26,31)(H,28,32). The first-order valence-corrected chi connectivity index (χ1v) is 11.7. The summed E-state index contributed by atoms with van der Waals surface area (Å²) < 4.78 is 1.89. The molecule has 1 atom stereocenters. The van der Waals surface area contributed by atoms with Crippen LogP contribution >= 0.6 is 0 Å². The van der Waals surface area contributed by atoms with E-state index in [0.29, 0.717) is 5.92 Å². The van der Waals surface area contributed by atoms with Crippen LogP contribution in [0.3, 0.4) is 0 Å². The summed E-state index contributed by atoms with van der Waals surface area (Å²) in [5.41, 5.74) is 10.1. The van der Waals surface area contributed by atoms with Crippen LogP contribution in [-0.4, -0.2) is 28.0 Å². The summed E-state index contributed by atoms with van der Waals surface area (Å²) in [6.07, 6.45) is 7.80.